The first-order valence-corrected chi connectivity index (χ1v) is 21.4. The van der Waals surface area contributed by atoms with E-state index in [9.17, 15) is 9.90 Å². The summed E-state index contributed by atoms with van der Waals surface area (Å²) in [6.45, 7) is 12.2. The van der Waals surface area contributed by atoms with Gasteiger partial charge in [-0.2, -0.15) is 0 Å². The molecule has 0 aromatic rings. The zero-order valence-corrected chi connectivity index (χ0v) is 33.7. The Balaban J connectivity index is 3.83. The van der Waals surface area contributed by atoms with Crippen LogP contribution < -0.4 is 0 Å². The molecular formula is C43H88NO4+. The molecule has 48 heavy (non-hydrogen) atoms. The fourth-order valence-corrected chi connectivity index (χ4v) is 6.90. The van der Waals surface area contributed by atoms with E-state index in [1.54, 1.807) is 0 Å². The summed E-state index contributed by atoms with van der Waals surface area (Å²) in [5, 5.41) is 9.35. The molecule has 0 aliphatic heterocycles. The van der Waals surface area contributed by atoms with Crippen LogP contribution in [-0.2, 0) is 14.3 Å². The Hall–Kier alpha value is -0.650. The van der Waals surface area contributed by atoms with Crippen LogP contribution in [0.5, 0.6) is 0 Å². The highest BCUT2D eigenvalue weighted by molar-refractivity contribution is 5.67. The molecule has 0 aromatic heterocycles. The number of carboxylic acid groups (broad SMARTS) is 1. The Morgan fingerprint density at radius 3 is 1.15 bits per heavy atom. The van der Waals surface area contributed by atoms with Crippen LogP contribution in [0.1, 0.15) is 207 Å². The lowest BCUT2D eigenvalue weighted by atomic mass is 10.0. The Morgan fingerprint density at radius 1 is 0.500 bits per heavy atom. The lowest BCUT2D eigenvalue weighted by molar-refractivity contribution is -0.886. The summed E-state index contributed by atoms with van der Waals surface area (Å²) < 4.78 is 12.8. The number of likely N-dealkylation sites (N-methyl/N-ethyl adjacent to an activating group) is 1. The van der Waals surface area contributed by atoms with Gasteiger partial charge in [-0.25, -0.2) is 4.79 Å². The van der Waals surface area contributed by atoms with Gasteiger partial charge in [-0.15, -0.1) is 0 Å². The van der Waals surface area contributed by atoms with Crippen molar-refractivity contribution in [2.45, 2.75) is 214 Å². The molecule has 288 valence electrons. The average molecular weight is 683 g/mol. The summed E-state index contributed by atoms with van der Waals surface area (Å²) in [6.07, 6.45) is 38.1. The highest BCUT2D eigenvalue weighted by atomic mass is 16.5. The van der Waals surface area contributed by atoms with E-state index in [0.29, 0.717) is 17.6 Å². The smallest absolute Gasteiger partial charge is 0.359 e. The van der Waals surface area contributed by atoms with E-state index in [2.05, 4.69) is 27.7 Å². The highest BCUT2D eigenvalue weighted by Gasteiger charge is 2.25. The fourth-order valence-electron chi connectivity index (χ4n) is 6.90. The van der Waals surface area contributed by atoms with Crippen molar-refractivity contribution in [1.82, 2.24) is 0 Å². The van der Waals surface area contributed by atoms with Crippen molar-refractivity contribution >= 4 is 5.97 Å². The van der Waals surface area contributed by atoms with Crippen LogP contribution in [-0.4, -0.2) is 68.7 Å². The van der Waals surface area contributed by atoms with Crippen molar-refractivity contribution in [2.24, 2.45) is 11.8 Å². The maximum absolute atomic E-state index is 11.4. The van der Waals surface area contributed by atoms with Gasteiger partial charge in [-0.3, -0.25) is 0 Å². The van der Waals surface area contributed by atoms with Gasteiger partial charge in [0.25, 0.3) is 0 Å². The third-order valence-corrected chi connectivity index (χ3v) is 9.91. The monoisotopic (exact) mass is 683 g/mol. The summed E-state index contributed by atoms with van der Waals surface area (Å²) in [5.74, 6) is 0.963. The van der Waals surface area contributed by atoms with Crippen LogP contribution in [0.25, 0.3) is 0 Å². The van der Waals surface area contributed by atoms with Crippen LogP contribution in [0, 0.1) is 11.8 Å². The van der Waals surface area contributed by atoms with Crippen molar-refractivity contribution < 1.29 is 23.9 Å². The second-order valence-corrected chi connectivity index (χ2v) is 16.8. The van der Waals surface area contributed by atoms with E-state index in [-0.39, 0.29) is 12.6 Å². The quantitative estimate of drug-likeness (QED) is 0.0518. The summed E-state index contributed by atoms with van der Waals surface area (Å²) in [5.41, 5.74) is 0. The third-order valence-electron chi connectivity index (χ3n) is 9.91. The molecule has 0 amide bonds. The first kappa shape index (κ1) is 47.4. The summed E-state index contributed by atoms with van der Waals surface area (Å²) >= 11 is 0. The lowest BCUT2D eigenvalue weighted by Gasteiger charge is -2.32. The van der Waals surface area contributed by atoms with Gasteiger partial charge in [0.2, 0.25) is 0 Å². The van der Waals surface area contributed by atoms with Crippen molar-refractivity contribution in [1.29, 1.82) is 0 Å². The number of quaternary nitrogens is 1. The van der Waals surface area contributed by atoms with Crippen molar-refractivity contribution in [3.8, 4) is 0 Å². The molecular weight excluding hydrogens is 594 g/mol. The number of ether oxygens (including phenoxy) is 2. The maximum atomic E-state index is 11.4. The maximum Gasteiger partial charge on any atom is 0.359 e. The Kier molecular flexibility index (Phi) is 34.3. The Morgan fingerprint density at radius 2 is 0.812 bits per heavy atom. The number of carboxylic acids is 1. The Bertz CT molecular complexity index is 665. The van der Waals surface area contributed by atoms with Gasteiger partial charge in [0, 0.05) is 13.2 Å². The summed E-state index contributed by atoms with van der Waals surface area (Å²) in [4.78, 5) is 11.4. The first-order valence-electron chi connectivity index (χ1n) is 21.4. The zero-order chi connectivity index (χ0) is 35.6. The van der Waals surface area contributed by atoms with Crippen LogP contribution in [0.4, 0.5) is 0 Å². The van der Waals surface area contributed by atoms with E-state index in [1.165, 1.54) is 167 Å². The summed E-state index contributed by atoms with van der Waals surface area (Å²) in [7, 11) is 3.96. The number of hydrogen-bond acceptors (Lipinski definition) is 3. The molecule has 0 saturated carbocycles. The van der Waals surface area contributed by atoms with Gasteiger partial charge >= 0.3 is 5.97 Å². The predicted octanol–water partition coefficient (Wildman–Crippen LogP) is 12.8. The molecule has 1 N–H and O–H groups in total. The molecule has 0 aliphatic carbocycles. The second-order valence-electron chi connectivity index (χ2n) is 16.8. The van der Waals surface area contributed by atoms with Gasteiger partial charge in [0.15, 0.2) is 6.54 Å². The van der Waals surface area contributed by atoms with Crippen molar-refractivity contribution in [3.63, 3.8) is 0 Å². The van der Waals surface area contributed by atoms with E-state index < -0.39 is 5.97 Å². The Labute approximate surface area is 301 Å². The third kappa shape index (κ3) is 38.2. The topological polar surface area (TPSA) is 55.8 Å². The molecule has 5 heteroatoms. The molecule has 1 unspecified atom stereocenters. The van der Waals surface area contributed by atoms with Crippen molar-refractivity contribution in [3.05, 3.63) is 0 Å². The zero-order valence-electron chi connectivity index (χ0n) is 33.7. The van der Waals surface area contributed by atoms with Gasteiger partial charge in [-0.05, 0) is 24.7 Å². The first-order chi connectivity index (χ1) is 23.1. The number of aliphatic carboxylic acids is 1. The number of carbonyl (C=O) groups is 1. The molecule has 0 radical (unpaired) electrons. The van der Waals surface area contributed by atoms with Crippen LogP contribution >= 0.6 is 0 Å². The van der Waals surface area contributed by atoms with Gasteiger partial charge in [0.05, 0.1) is 20.7 Å². The SMILES string of the molecule is CC(C)CCCCCCCCCCCCCCCOCC(C[N+](C)(C)CC(=O)O)OCCCCCCCCCCCCCCCC(C)C. The fraction of sp³-hybridized carbons (Fsp3) is 0.977. The molecule has 0 fully saturated rings. The van der Waals surface area contributed by atoms with Crippen LogP contribution in [0.15, 0.2) is 0 Å². The lowest BCUT2D eigenvalue weighted by Crippen LogP contribution is -2.50. The van der Waals surface area contributed by atoms with E-state index in [0.717, 1.165) is 37.9 Å². The molecule has 0 bridgehead atoms. The van der Waals surface area contributed by atoms with E-state index in [1.807, 2.05) is 14.1 Å². The van der Waals surface area contributed by atoms with Gasteiger partial charge in [-0.1, -0.05) is 195 Å². The largest absolute Gasteiger partial charge is 0.477 e. The van der Waals surface area contributed by atoms with Gasteiger partial charge < -0.3 is 19.1 Å². The number of hydrogen-bond donors (Lipinski definition) is 1. The minimum absolute atomic E-state index is 0.0467. The molecule has 0 rings (SSSR count). The normalized spacial score (nSPS) is 12.8. The number of nitrogens with zero attached hydrogens (tertiary/aromatic N) is 1. The molecule has 0 aromatic carbocycles. The molecule has 0 saturated heterocycles. The second kappa shape index (κ2) is 34.8. The molecule has 0 heterocycles. The number of rotatable bonds is 39. The minimum atomic E-state index is -0.760. The van der Waals surface area contributed by atoms with Crippen molar-refractivity contribution in [2.75, 3.05) is 47.0 Å². The summed E-state index contributed by atoms with van der Waals surface area (Å²) in [6, 6.07) is 0. The molecule has 5 nitrogen and oxygen atoms in total. The molecule has 1 atom stereocenters. The van der Waals surface area contributed by atoms with E-state index >= 15 is 0 Å². The number of unbranched alkanes of at least 4 members (excludes halogenated alkanes) is 24. The van der Waals surface area contributed by atoms with E-state index in [4.69, 9.17) is 9.47 Å². The standard InChI is InChI=1S/C43H87NO4/c1-40(2)33-29-25-21-17-13-9-7-11-15-19-23-27-31-35-47-39-42(37-44(5,6)38-43(45)46)48-36-32-28-24-20-16-12-8-10-14-18-22-26-30-34-41(3)4/h40-42H,7-39H2,1-6H3/p+1. The minimum Gasteiger partial charge on any atom is -0.477 e. The molecule has 0 aliphatic rings. The van der Waals surface area contributed by atoms with Gasteiger partial charge in [0.1, 0.15) is 12.6 Å². The van der Waals surface area contributed by atoms with Crippen LogP contribution in [0.2, 0.25) is 0 Å². The molecule has 0 spiro atoms. The highest BCUT2D eigenvalue weighted by Crippen LogP contribution is 2.16. The van der Waals surface area contributed by atoms with Crippen LogP contribution in [0.3, 0.4) is 0 Å². The average Bonchev–Trinajstić information content (AvgIpc) is 3.01. The predicted molar refractivity (Wildman–Crippen MR) is 209 cm³/mol.